The highest BCUT2D eigenvalue weighted by Crippen LogP contribution is 2.24. The number of likely N-dealkylation sites (N-methyl/N-ethyl adjacent to an activating group) is 4. The molecule has 6 atom stereocenters. The van der Waals surface area contributed by atoms with Gasteiger partial charge in [-0.3, -0.25) is 33.6 Å². The lowest BCUT2D eigenvalue weighted by Gasteiger charge is -2.36. The summed E-state index contributed by atoms with van der Waals surface area (Å²) in [6.45, 7) is 6.29. The van der Waals surface area contributed by atoms with Crippen molar-refractivity contribution in [2.75, 3.05) is 46.2 Å². The predicted molar refractivity (Wildman–Crippen MR) is 218 cm³/mol. The molecule has 0 spiro atoms. The first-order valence-corrected chi connectivity index (χ1v) is 21.5. The van der Waals surface area contributed by atoms with Gasteiger partial charge in [0.2, 0.25) is 41.4 Å². The molecule has 3 rings (SSSR count). The van der Waals surface area contributed by atoms with Crippen molar-refractivity contribution < 1.29 is 33.6 Å². The highest BCUT2D eigenvalue weighted by Gasteiger charge is 2.42. The number of nitrogens with one attached hydrogen (secondary N) is 3. The van der Waals surface area contributed by atoms with Crippen molar-refractivity contribution in [2.24, 2.45) is 0 Å². The molecule has 3 N–H and O–H groups in total. The molecule has 14 nitrogen and oxygen atoms in total. The van der Waals surface area contributed by atoms with Gasteiger partial charge in [0.15, 0.2) is 0 Å². The molecule has 56 heavy (non-hydrogen) atoms. The number of carbonyl (C=O) groups is 7. The summed E-state index contributed by atoms with van der Waals surface area (Å²) in [7, 11) is 6.16. The zero-order valence-corrected chi connectivity index (χ0v) is 35.3. The fraction of sp³-hybridized carbons (Fsp3) is 0.683. The Kier molecular flexibility index (Phi) is 19.1. The third-order valence-electron chi connectivity index (χ3n) is 11.0. The SMILES string of the molecule is CCCC[C@@H]1NC(=O)[C@H](CCCC)N(C)C(=O)[C@@H](Cc2ccccc2)N(C)C(=O)CSC[C@H](C(=O)NC)NC(=O)[C@H](CCCC)N(C)C(=O)C2CCCN2C1=O. The number of benzene rings is 1. The molecular weight excluding hydrogens is 735 g/mol. The van der Waals surface area contributed by atoms with Crippen molar-refractivity contribution in [3.05, 3.63) is 35.9 Å². The maximum absolute atomic E-state index is 14.5. The van der Waals surface area contributed by atoms with Gasteiger partial charge in [-0.1, -0.05) is 89.6 Å². The second kappa shape index (κ2) is 23.2. The van der Waals surface area contributed by atoms with Gasteiger partial charge in [0.25, 0.3) is 0 Å². The van der Waals surface area contributed by atoms with Gasteiger partial charge < -0.3 is 35.6 Å². The largest absolute Gasteiger partial charge is 0.357 e. The number of amides is 7. The molecular formula is C41H65N7O7S. The summed E-state index contributed by atoms with van der Waals surface area (Å²) >= 11 is 1.15. The second-order valence-electron chi connectivity index (χ2n) is 15.0. The number of hydrogen-bond donors (Lipinski definition) is 3. The Balaban J connectivity index is 2.13. The minimum absolute atomic E-state index is 0.0592. The van der Waals surface area contributed by atoms with E-state index in [1.165, 1.54) is 26.6 Å². The minimum Gasteiger partial charge on any atom is -0.357 e. The average molecular weight is 800 g/mol. The van der Waals surface area contributed by atoms with Crippen LogP contribution in [0.2, 0.25) is 0 Å². The Bertz CT molecular complexity index is 1500. The van der Waals surface area contributed by atoms with E-state index in [0.717, 1.165) is 36.6 Å². The van der Waals surface area contributed by atoms with E-state index in [1.807, 2.05) is 51.1 Å². The van der Waals surface area contributed by atoms with Gasteiger partial charge in [0.05, 0.1) is 5.75 Å². The first-order chi connectivity index (χ1) is 26.8. The molecule has 1 aromatic carbocycles. The smallest absolute Gasteiger partial charge is 0.246 e. The van der Waals surface area contributed by atoms with Crippen LogP contribution in [0.3, 0.4) is 0 Å². The molecule has 1 unspecified atom stereocenters. The minimum atomic E-state index is -1.01. The van der Waals surface area contributed by atoms with Crippen LogP contribution in [0.4, 0.5) is 0 Å². The summed E-state index contributed by atoms with van der Waals surface area (Å²) < 4.78 is 0. The maximum Gasteiger partial charge on any atom is 0.246 e. The van der Waals surface area contributed by atoms with E-state index in [2.05, 4.69) is 16.0 Å². The maximum atomic E-state index is 14.5. The normalized spacial score (nSPS) is 25.4. The molecule has 1 aromatic rings. The van der Waals surface area contributed by atoms with Crippen molar-refractivity contribution in [3.63, 3.8) is 0 Å². The van der Waals surface area contributed by atoms with Gasteiger partial charge in [-0.2, -0.15) is 0 Å². The zero-order chi connectivity index (χ0) is 41.4. The molecule has 7 amide bonds. The third-order valence-corrected chi connectivity index (χ3v) is 12.0. The lowest BCUT2D eigenvalue weighted by molar-refractivity contribution is -0.149. The molecule has 0 aliphatic carbocycles. The van der Waals surface area contributed by atoms with E-state index in [-0.39, 0.29) is 35.6 Å². The highest BCUT2D eigenvalue weighted by atomic mass is 32.2. The molecule has 15 heteroatoms. The average Bonchev–Trinajstić information content (AvgIpc) is 3.70. The fourth-order valence-electron chi connectivity index (χ4n) is 7.39. The predicted octanol–water partition coefficient (Wildman–Crippen LogP) is 2.73. The first-order valence-electron chi connectivity index (χ1n) is 20.3. The van der Waals surface area contributed by atoms with Gasteiger partial charge >= 0.3 is 0 Å². The van der Waals surface area contributed by atoms with Gasteiger partial charge in [0.1, 0.15) is 36.3 Å². The van der Waals surface area contributed by atoms with Crippen LogP contribution in [0.25, 0.3) is 0 Å². The molecule has 2 fully saturated rings. The Labute approximate surface area is 337 Å². The molecule has 0 radical (unpaired) electrons. The number of hydrogen-bond acceptors (Lipinski definition) is 8. The first kappa shape index (κ1) is 46.2. The topological polar surface area (TPSA) is 169 Å². The van der Waals surface area contributed by atoms with E-state index < -0.39 is 59.9 Å². The Morgan fingerprint density at radius 1 is 0.750 bits per heavy atom. The van der Waals surface area contributed by atoms with E-state index in [9.17, 15) is 33.6 Å². The van der Waals surface area contributed by atoms with E-state index in [0.29, 0.717) is 57.9 Å². The van der Waals surface area contributed by atoms with Crippen LogP contribution in [0.1, 0.15) is 97.0 Å². The third kappa shape index (κ3) is 12.4. The number of carbonyl (C=O) groups excluding carboxylic acids is 7. The lowest BCUT2D eigenvalue weighted by atomic mass is 10.0. The van der Waals surface area contributed by atoms with Crippen molar-refractivity contribution >= 4 is 53.1 Å². The van der Waals surface area contributed by atoms with Gasteiger partial charge in [-0.05, 0) is 37.7 Å². The van der Waals surface area contributed by atoms with Crippen LogP contribution in [0.5, 0.6) is 0 Å². The molecule has 2 aliphatic heterocycles. The van der Waals surface area contributed by atoms with E-state index >= 15 is 0 Å². The summed E-state index contributed by atoms with van der Waals surface area (Å²) in [6, 6.07) is 3.78. The molecule has 0 saturated carbocycles. The summed E-state index contributed by atoms with van der Waals surface area (Å²) in [5, 5.41) is 8.42. The van der Waals surface area contributed by atoms with Crippen LogP contribution < -0.4 is 16.0 Å². The molecule has 312 valence electrons. The van der Waals surface area contributed by atoms with Gasteiger partial charge in [0, 0.05) is 46.9 Å². The summed E-state index contributed by atoms with van der Waals surface area (Å²) in [5.41, 5.74) is 0.830. The van der Waals surface area contributed by atoms with Crippen molar-refractivity contribution in [3.8, 4) is 0 Å². The highest BCUT2D eigenvalue weighted by molar-refractivity contribution is 8.00. The summed E-state index contributed by atoms with van der Waals surface area (Å²) in [5.74, 6) is -2.98. The van der Waals surface area contributed by atoms with Crippen LogP contribution in [-0.4, -0.2) is 143 Å². The molecule has 2 aliphatic rings. The summed E-state index contributed by atoms with van der Waals surface area (Å²) in [6.07, 6.45) is 6.48. The Morgan fingerprint density at radius 3 is 1.91 bits per heavy atom. The van der Waals surface area contributed by atoms with Crippen LogP contribution in [-0.2, 0) is 40.0 Å². The second-order valence-corrected chi connectivity index (χ2v) is 16.0. The molecule has 0 aromatic heterocycles. The quantitative estimate of drug-likeness (QED) is 0.290. The fourth-order valence-corrected chi connectivity index (χ4v) is 8.35. The van der Waals surface area contributed by atoms with Crippen LogP contribution in [0.15, 0.2) is 30.3 Å². The monoisotopic (exact) mass is 799 g/mol. The number of nitrogens with zero attached hydrogens (tertiary/aromatic N) is 4. The summed E-state index contributed by atoms with van der Waals surface area (Å²) in [4.78, 5) is 104. The standard InChI is InChI=1S/C41H65N7O7S/c1-8-11-20-29-39(53)48-24-17-23-33(48)40(54)46(6)32(22-13-10-3)38(52)44-30(36(50)42-4)26-56-27-35(49)45(5)34(25-28-18-15-14-16-19-28)41(55)47(7)31(21-12-9-2)37(51)43-29/h14-16,18-19,29-34H,8-13,17,20-27H2,1-7H3,(H,42,50)(H,43,51)(H,44,52)/t29-,30+,31-,32-,33?,34+/m0/s1. The number of unbranched alkanes of at least 4 members (excludes halogenated alkanes) is 3. The number of thioether (sulfide) groups is 1. The zero-order valence-electron chi connectivity index (χ0n) is 34.5. The van der Waals surface area contributed by atoms with E-state index in [1.54, 1.807) is 21.1 Å². The van der Waals surface area contributed by atoms with Crippen LogP contribution >= 0.6 is 11.8 Å². The number of fused-ring (bicyclic) bond motifs is 1. The van der Waals surface area contributed by atoms with Crippen molar-refractivity contribution in [1.29, 1.82) is 0 Å². The van der Waals surface area contributed by atoms with Gasteiger partial charge in [-0.25, -0.2) is 0 Å². The molecule has 2 saturated heterocycles. The van der Waals surface area contributed by atoms with Crippen molar-refractivity contribution in [1.82, 2.24) is 35.6 Å². The van der Waals surface area contributed by atoms with Gasteiger partial charge in [-0.15, -0.1) is 11.8 Å². The van der Waals surface area contributed by atoms with Crippen LogP contribution in [0, 0.1) is 0 Å². The Morgan fingerprint density at radius 2 is 1.32 bits per heavy atom. The Hall–Kier alpha value is -4.14. The lowest BCUT2D eigenvalue weighted by Crippen LogP contribution is -2.59. The molecule has 2 heterocycles. The molecule has 0 bridgehead atoms. The van der Waals surface area contributed by atoms with E-state index in [4.69, 9.17) is 0 Å². The van der Waals surface area contributed by atoms with Crippen molar-refractivity contribution in [2.45, 2.75) is 134 Å². The number of rotatable bonds is 12.